The molecule has 0 aliphatic rings. The van der Waals surface area contributed by atoms with Crippen molar-refractivity contribution in [2.24, 2.45) is 0 Å². The van der Waals surface area contributed by atoms with E-state index in [9.17, 15) is 13.2 Å². The molecule has 1 N–H and O–H groups in total. The molecule has 8 heteroatoms. The van der Waals surface area contributed by atoms with Crippen molar-refractivity contribution in [3.8, 4) is 5.75 Å². The minimum Gasteiger partial charge on any atom is -0.497 e. The van der Waals surface area contributed by atoms with Gasteiger partial charge in [0.15, 0.2) is 0 Å². The van der Waals surface area contributed by atoms with E-state index < -0.39 is 10.0 Å². The molecule has 1 atom stereocenters. The van der Waals surface area contributed by atoms with E-state index in [-0.39, 0.29) is 23.4 Å². The monoisotopic (exact) mass is 419 g/mol. The zero-order chi connectivity index (χ0) is 21.6. The van der Waals surface area contributed by atoms with Crippen molar-refractivity contribution < 1.29 is 17.9 Å². The number of hydrogen-bond acceptors (Lipinski definition) is 5. The number of hydrogen-bond donors (Lipinski definition) is 1. The highest BCUT2D eigenvalue weighted by atomic mass is 32.2. The lowest BCUT2D eigenvalue weighted by atomic mass is 10.1. The first-order chi connectivity index (χ1) is 13.6. The summed E-state index contributed by atoms with van der Waals surface area (Å²) in [7, 11) is 3.15. The van der Waals surface area contributed by atoms with E-state index in [2.05, 4.69) is 5.32 Å². The van der Waals surface area contributed by atoms with Gasteiger partial charge in [0.05, 0.1) is 24.6 Å². The molecule has 0 fully saturated rings. The number of methoxy groups -OCH3 is 1. The number of aryl methyl sites for hydroxylation is 1. The highest BCUT2D eigenvalue weighted by molar-refractivity contribution is 7.89. The third kappa shape index (κ3) is 6.03. The van der Waals surface area contributed by atoms with Crippen molar-refractivity contribution in [3.63, 3.8) is 0 Å². The van der Waals surface area contributed by atoms with Crippen molar-refractivity contribution in [1.29, 1.82) is 0 Å². The number of sulfonamides is 1. The average Bonchev–Trinajstić information content (AvgIpc) is 2.68. The zero-order valence-electron chi connectivity index (χ0n) is 17.5. The van der Waals surface area contributed by atoms with Crippen LogP contribution in [0.4, 0.5) is 0 Å². The summed E-state index contributed by atoms with van der Waals surface area (Å²) < 4.78 is 31.5. The van der Waals surface area contributed by atoms with E-state index in [1.165, 1.54) is 7.05 Å². The predicted molar refractivity (Wildman–Crippen MR) is 113 cm³/mol. The molecule has 0 spiro atoms. The summed E-state index contributed by atoms with van der Waals surface area (Å²) in [5, 5.41) is 2.84. The summed E-state index contributed by atoms with van der Waals surface area (Å²) >= 11 is 0. The fourth-order valence-corrected chi connectivity index (χ4v) is 4.00. The molecule has 0 saturated heterocycles. The minimum atomic E-state index is -3.72. The van der Waals surface area contributed by atoms with Crippen LogP contribution < -0.4 is 10.1 Å². The summed E-state index contributed by atoms with van der Waals surface area (Å²) in [6.45, 7) is 1.99. The van der Waals surface area contributed by atoms with Crippen LogP contribution in [0, 0.1) is 6.92 Å². The lowest BCUT2D eigenvalue weighted by Gasteiger charge is -2.26. The number of nitrogens with zero attached hydrogens (tertiary/aromatic N) is 2. The number of nitrogens with one attached hydrogen (secondary N) is 1. The molecule has 1 amide bonds. The van der Waals surface area contributed by atoms with Gasteiger partial charge in [-0.15, -0.1) is 0 Å². The highest BCUT2D eigenvalue weighted by Gasteiger charge is 2.23. The van der Waals surface area contributed by atoms with Gasteiger partial charge in [0, 0.05) is 13.6 Å². The lowest BCUT2D eigenvalue weighted by molar-refractivity contribution is -0.121. The van der Waals surface area contributed by atoms with Gasteiger partial charge in [-0.05, 0) is 50.8 Å². The minimum absolute atomic E-state index is 0.0520. The molecular weight excluding hydrogens is 390 g/mol. The molecule has 0 heterocycles. The van der Waals surface area contributed by atoms with Crippen LogP contribution in [0.1, 0.15) is 17.2 Å². The quantitative estimate of drug-likeness (QED) is 0.673. The van der Waals surface area contributed by atoms with Crippen LogP contribution >= 0.6 is 0 Å². The molecular formula is C21H29N3O4S. The van der Waals surface area contributed by atoms with Gasteiger partial charge in [0.1, 0.15) is 5.75 Å². The van der Waals surface area contributed by atoms with Crippen LogP contribution in [0.3, 0.4) is 0 Å². The topological polar surface area (TPSA) is 79.0 Å². The molecule has 158 valence electrons. The fraction of sp³-hybridized carbons (Fsp3) is 0.381. The summed E-state index contributed by atoms with van der Waals surface area (Å²) in [4.78, 5) is 14.6. The molecule has 2 rings (SSSR count). The largest absolute Gasteiger partial charge is 0.497 e. The van der Waals surface area contributed by atoms with Gasteiger partial charge < -0.3 is 15.0 Å². The molecule has 0 unspecified atom stereocenters. The maximum Gasteiger partial charge on any atom is 0.243 e. The molecule has 29 heavy (non-hydrogen) atoms. The smallest absolute Gasteiger partial charge is 0.243 e. The van der Waals surface area contributed by atoms with Crippen molar-refractivity contribution in [2.75, 3.05) is 41.3 Å². The van der Waals surface area contributed by atoms with Crippen LogP contribution in [-0.2, 0) is 14.8 Å². The Morgan fingerprint density at radius 1 is 1.03 bits per heavy atom. The second kappa shape index (κ2) is 9.87. The Labute approximate surface area is 173 Å². The van der Waals surface area contributed by atoms with Gasteiger partial charge in [0.2, 0.25) is 15.9 Å². The predicted octanol–water partition coefficient (Wildman–Crippen LogP) is 2.04. The molecule has 2 aromatic carbocycles. The van der Waals surface area contributed by atoms with Crippen LogP contribution in [0.15, 0.2) is 53.4 Å². The molecule has 0 saturated carbocycles. The van der Waals surface area contributed by atoms with Crippen molar-refractivity contribution in [2.45, 2.75) is 17.9 Å². The lowest BCUT2D eigenvalue weighted by Crippen LogP contribution is -2.41. The highest BCUT2D eigenvalue weighted by Crippen LogP contribution is 2.21. The number of benzene rings is 2. The van der Waals surface area contributed by atoms with E-state index in [1.54, 1.807) is 31.4 Å². The summed E-state index contributed by atoms with van der Waals surface area (Å²) in [6.07, 6.45) is 0. The molecule has 2 aromatic rings. The average molecular weight is 420 g/mol. The number of rotatable bonds is 9. The van der Waals surface area contributed by atoms with E-state index in [4.69, 9.17) is 4.74 Å². The van der Waals surface area contributed by atoms with Gasteiger partial charge in [-0.1, -0.05) is 29.8 Å². The van der Waals surface area contributed by atoms with Gasteiger partial charge >= 0.3 is 0 Å². The maximum atomic E-state index is 12.6. The molecule has 0 bridgehead atoms. The number of carbonyl (C=O) groups is 1. The Balaban J connectivity index is 2.00. The zero-order valence-corrected chi connectivity index (χ0v) is 18.4. The third-order valence-corrected chi connectivity index (χ3v) is 6.53. The van der Waals surface area contributed by atoms with Crippen LogP contribution in [-0.4, -0.2) is 64.9 Å². The van der Waals surface area contributed by atoms with E-state index >= 15 is 0 Å². The van der Waals surface area contributed by atoms with Crippen molar-refractivity contribution >= 4 is 15.9 Å². The molecule has 0 aliphatic carbocycles. The SMILES string of the molecule is COc1ccc([C@H](CNC(=O)CN(C)S(=O)(=O)c2ccc(C)cc2)N(C)C)cc1. The molecule has 0 aliphatic heterocycles. The second-order valence-corrected chi connectivity index (χ2v) is 9.18. The number of likely N-dealkylation sites (N-methyl/N-ethyl adjacent to an activating group) is 2. The molecule has 0 aromatic heterocycles. The van der Waals surface area contributed by atoms with Crippen LogP contribution in [0.25, 0.3) is 0 Å². The first-order valence-corrected chi connectivity index (χ1v) is 10.7. The first-order valence-electron chi connectivity index (χ1n) is 9.25. The fourth-order valence-electron chi connectivity index (χ4n) is 2.87. The van der Waals surface area contributed by atoms with Crippen molar-refractivity contribution in [1.82, 2.24) is 14.5 Å². The Bertz CT molecular complexity index is 910. The Hall–Kier alpha value is -2.42. The number of amides is 1. The van der Waals surface area contributed by atoms with Gasteiger partial charge in [-0.2, -0.15) is 4.31 Å². The van der Waals surface area contributed by atoms with Gasteiger partial charge in [-0.3, -0.25) is 4.79 Å². The summed E-state index contributed by atoms with van der Waals surface area (Å²) in [6, 6.07) is 14.1. The number of carbonyl (C=O) groups excluding carboxylic acids is 1. The second-order valence-electron chi connectivity index (χ2n) is 7.13. The Morgan fingerprint density at radius 3 is 2.14 bits per heavy atom. The third-order valence-electron chi connectivity index (χ3n) is 4.71. The standard InChI is InChI=1S/C21H29N3O4S/c1-16-6-12-19(13-7-16)29(26,27)24(4)15-21(25)22-14-20(23(2)3)17-8-10-18(28-5)11-9-17/h6-13,20H,14-15H2,1-5H3,(H,22,25)/t20-/m0/s1. The van der Waals surface area contributed by atoms with Crippen molar-refractivity contribution in [3.05, 3.63) is 59.7 Å². The summed E-state index contributed by atoms with van der Waals surface area (Å²) in [5.74, 6) is 0.404. The van der Waals surface area contributed by atoms with E-state index in [1.807, 2.05) is 50.2 Å². The van der Waals surface area contributed by atoms with Gasteiger partial charge in [0.25, 0.3) is 0 Å². The van der Waals surface area contributed by atoms with Crippen LogP contribution in [0.2, 0.25) is 0 Å². The van der Waals surface area contributed by atoms with Crippen LogP contribution in [0.5, 0.6) is 5.75 Å². The Kier molecular flexibility index (Phi) is 7.78. The molecule has 0 radical (unpaired) electrons. The maximum absolute atomic E-state index is 12.6. The Morgan fingerprint density at radius 2 is 1.62 bits per heavy atom. The van der Waals surface area contributed by atoms with E-state index in [0.29, 0.717) is 6.54 Å². The first kappa shape index (κ1) is 22.9. The normalized spacial score (nSPS) is 12.8. The number of ether oxygens (including phenoxy) is 1. The van der Waals surface area contributed by atoms with E-state index in [0.717, 1.165) is 21.2 Å². The molecule has 7 nitrogen and oxygen atoms in total. The summed E-state index contributed by atoms with van der Waals surface area (Å²) in [5.41, 5.74) is 1.99. The van der Waals surface area contributed by atoms with Gasteiger partial charge in [-0.25, -0.2) is 8.42 Å².